The highest BCUT2D eigenvalue weighted by Crippen LogP contribution is 2.14. The van der Waals surface area contributed by atoms with Gasteiger partial charge in [0.1, 0.15) is 0 Å². The minimum Gasteiger partial charge on any atom is -0.323 e. The Balaban J connectivity index is 1.81. The van der Waals surface area contributed by atoms with Crippen LogP contribution in [0.2, 0.25) is 0 Å². The molecule has 0 radical (unpaired) electrons. The summed E-state index contributed by atoms with van der Waals surface area (Å²) in [6.45, 7) is 1.93. The van der Waals surface area contributed by atoms with Gasteiger partial charge in [0.05, 0.1) is 17.6 Å². The molecular formula is C15H19N3. The van der Waals surface area contributed by atoms with Crippen molar-refractivity contribution >= 4 is 0 Å². The van der Waals surface area contributed by atoms with Crippen LogP contribution in [0.25, 0.3) is 0 Å². The number of hydrogen-bond acceptors (Lipinski definition) is 3. The molecule has 18 heavy (non-hydrogen) atoms. The number of aromatic nitrogens is 2. The summed E-state index contributed by atoms with van der Waals surface area (Å²) < 4.78 is 0. The van der Waals surface area contributed by atoms with E-state index in [1.807, 2.05) is 13.0 Å². The topological polar surface area (TPSA) is 51.8 Å². The molecule has 0 fully saturated rings. The summed E-state index contributed by atoms with van der Waals surface area (Å²) in [4.78, 5) is 8.54. The standard InChI is InChI=1S/C15H19N3/c1-12-10-18-15(11-17-12)14(16)9-5-8-13-6-3-2-4-7-13/h2-4,6-7,10-11,14H,5,8-9,16H2,1H3. The Morgan fingerprint density at radius 3 is 2.56 bits per heavy atom. The first-order chi connectivity index (χ1) is 8.75. The second-order valence-electron chi connectivity index (χ2n) is 4.57. The van der Waals surface area contributed by atoms with Gasteiger partial charge in [-0.3, -0.25) is 9.97 Å². The molecule has 1 atom stereocenters. The summed E-state index contributed by atoms with van der Waals surface area (Å²) in [6.07, 6.45) is 6.62. The maximum absolute atomic E-state index is 6.11. The van der Waals surface area contributed by atoms with Crippen molar-refractivity contribution in [1.29, 1.82) is 0 Å². The predicted octanol–water partition coefficient (Wildman–Crippen LogP) is 2.81. The SMILES string of the molecule is Cc1cnc(C(N)CCCc2ccccc2)cn1. The smallest absolute Gasteiger partial charge is 0.0754 e. The summed E-state index contributed by atoms with van der Waals surface area (Å²) in [7, 11) is 0. The van der Waals surface area contributed by atoms with E-state index in [4.69, 9.17) is 5.73 Å². The van der Waals surface area contributed by atoms with E-state index in [9.17, 15) is 0 Å². The van der Waals surface area contributed by atoms with Crippen LogP contribution >= 0.6 is 0 Å². The maximum atomic E-state index is 6.11. The minimum atomic E-state index is -0.0122. The lowest BCUT2D eigenvalue weighted by atomic mass is 10.0. The first-order valence-electron chi connectivity index (χ1n) is 6.34. The van der Waals surface area contributed by atoms with Crippen LogP contribution in [0.1, 0.15) is 35.8 Å². The number of benzene rings is 1. The van der Waals surface area contributed by atoms with Crippen LogP contribution in [-0.2, 0) is 6.42 Å². The van der Waals surface area contributed by atoms with Gasteiger partial charge < -0.3 is 5.73 Å². The van der Waals surface area contributed by atoms with E-state index in [0.717, 1.165) is 30.7 Å². The van der Waals surface area contributed by atoms with Crippen LogP contribution in [0.5, 0.6) is 0 Å². The summed E-state index contributed by atoms with van der Waals surface area (Å²) in [5.41, 5.74) is 9.28. The van der Waals surface area contributed by atoms with E-state index in [2.05, 4.69) is 34.2 Å². The molecule has 2 rings (SSSR count). The molecule has 94 valence electrons. The van der Waals surface area contributed by atoms with Gasteiger partial charge in [0, 0.05) is 12.2 Å². The molecule has 2 aromatic rings. The maximum Gasteiger partial charge on any atom is 0.0754 e. The lowest BCUT2D eigenvalue weighted by Gasteiger charge is -2.10. The van der Waals surface area contributed by atoms with Gasteiger partial charge in [-0.05, 0) is 31.7 Å². The van der Waals surface area contributed by atoms with E-state index in [-0.39, 0.29) is 6.04 Å². The third kappa shape index (κ3) is 3.64. The molecule has 1 heterocycles. The van der Waals surface area contributed by atoms with Crippen LogP contribution in [-0.4, -0.2) is 9.97 Å². The van der Waals surface area contributed by atoms with E-state index >= 15 is 0 Å². The number of hydrogen-bond donors (Lipinski definition) is 1. The normalized spacial score (nSPS) is 12.3. The highest BCUT2D eigenvalue weighted by molar-refractivity contribution is 5.14. The van der Waals surface area contributed by atoms with Gasteiger partial charge >= 0.3 is 0 Å². The molecule has 3 heteroatoms. The Kier molecular flexibility index (Phi) is 4.42. The van der Waals surface area contributed by atoms with Crippen molar-refractivity contribution in [2.45, 2.75) is 32.2 Å². The largest absolute Gasteiger partial charge is 0.323 e. The van der Waals surface area contributed by atoms with Crippen molar-refractivity contribution in [3.63, 3.8) is 0 Å². The molecule has 0 saturated carbocycles. The Labute approximate surface area is 108 Å². The molecule has 0 amide bonds. The van der Waals surface area contributed by atoms with Crippen LogP contribution in [0.15, 0.2) is 42.7 Å². The van der Waals surface area contributed by atoms with Gasteiger partial charge in [-0.2, -0.15) is 0 Å². The average Bonchev–Trinajstić information content (AvgIpc) is 2.40. The zero-order chi connectivity index (χ0) is 12.8. The molecule has 0 bridgehead atoms. The average molecular weight is 241 g/mol. The van der Waals surface area contributed by atoms with E-state index in [0.29, 0.717) is 0 Å². The van der Waals surface area contributed by atoms with Crippen molar-refractivity contribution in [2.75, 3.05) is 0 Å². The number of rotatable bonds is 5. The Morgan fingerprint density at radius 1 is 1.11 bits per heavy atom. The lowest BCUT2D eigenvalue weighted by Crippen LogP contribution is -2.12. The first-order valence-corrected chi connectivity index (χ1v) is 6.34. The van der Waals surface area contributed by atoms with E-state index in [1.54, 1.807) is 12.4 Å². The molecule has 1 aromatic carbocycles. The van der Waals surface area contributed by atoms with Gasteiger partial charge in [0.15, 0.2) is 0 Å². The summed E-state index contributed by atoms with van der Waals surface area (Å²) >= 11 is 0. The molecule has 0 saturated heterocycles. The molecule has 2 N–H and O–H groups in total. The Morgan fingerprint density at radius 2 is 1.89 bits per heavy atom. The lowest BCUT2D eigenvalue weighted by molar-refractivity contribution is 0.594. The summed E-state index contributed by atoms with van der Waals surface area (Å²) in [6, 6.07) is 10.5. The third-order valence-corrected chi connectivity index (χ3v) is 3.00. The first kappa shape index (κ1) is 12.7. The second-order valence-corrected chi connectivity index (χ2v) is 4.57. The van der Waals surface area contributed by atoms with Crippen LogP contribution in [0.3, 0.4) is 0 Å². The molecule has 0 aliphatic rings. The molecule has 1 unspecified atom stereocenters. The van der Waals surface area contributed by atoms with Gasteiger partial charge in [0.2, 0.25) is 0 Å². The zero-order valence-electron chi connectivity index (χ0n) is 10.7. The van der Waals surface area contributed by atoms with E-state index in [1.165, 1.54) is 5.56 Å². The van der Waals surface area contributed by atoms with Gasteiger partial charge in [0.25, 0.3) is 0 Å². The molecule has 0 spiro atoms. The minimum absolute atomic E-state index is 0.0122. The molecule has 3 nitrogen and oxygen atoms in total. The van der Waals surface area contributed by atoms with E-state index < -0.39 is 0 Å². The predicted molar refractivity (Wildman–Crippen MR) is 73.1 cm³/mol. The zero-order valence-corrected chi connectivity index (χ0v) is 10.7. The summed E-state index contributed by atoms with van der Waals surface area (Å²) in [5, 5.41) is 0. The highest BCUT2D eigenvalue weighted by Gasteiger charge is 2.07. The Hall–Kier alpha value is -1.74. The van der Waals surface area contributed by atoms with Gasteiger partial charge in [-0.1, -0.05) is 30.3 Å². The fourth-order valence-electron chi connectivity index (χ4n) is 1.91. The van der Waals surface area contributed by atoms with Crippen LogP contribution in [0, 0.1) is 6.92 Å². The van der Waals surface area contributed by atoms with Crippen molar-refractivity contribution in [3.05, 3.63) is 59.7 Å². The van der Waals surface area contributed by atoms with Gasteiger partial charge in [-0.15, -0.1) is 0 Å². The fraction of sp³-hybridized carbons (Fsp3) is 0.333. The monoisotopic (exact) mass is 241 g/mol. The summed E-state index contributed by atoms with van der Waals surface area (Å²) in [5.74, 6) is 0. The number of nitrogens with zero attached hydrogens (tertiary/aromatic N) is 2. The third-order valence-electron chi connectivity index (χ3n) is 3.00. The molecule has 0 aliphatic heterocycles. The van der Waals surface area contributed by atoms with Crippen molar-refractivity contribution in [3.8, 4) is 0 Å². The number of aryl methyl sites for hydroxylation is 2. The van der Waals surface area contributed by atoms with Crippen molar-refractivity contribution in [1.82, 2.24) is 9.97 Å². The fourth-order valence-corrected chi connectivity index (χ4v) is 1.91. The van der Waals surface area contributed by atoms with Crippen molar-refractivity contribution in [2.24, 2.45) is 5.73 Å². The second kappa shape index (κ2) is 6.26. The molecule has 1 aromatic heterocycles. The molecular weight excluding hydrogens is 222 g/mol. The quantitative estimate of drug-likeness (QED) is 0.875. The van der Waals surface area contributed by atoms with Crippen molar-refractivity contribution < 1.29 is 0 Å². The Bertz CT molecular complexity index is 465. The van der Waals surface area contributed by atoms with Crippen LogP contribution in [0.4, 0.5) is 0 Å². The number of nitrogens with two attached hydrogens (primary N) is 1. The van der Waals surface area contributed by atoms with Gasteiger partial charge in [-0.25, -0.2) is 0 Å². The highest BCUT2D eigenvalue weighted by atomic mass is 14.8. The van der Waals surface area contributed by atoms with Crippen LogP contribution < -0.4 is 5.73 Å². The molecule has 0 aliphatic carbocycles.